The molecule has 2 aliphatic heterocycles. The van der Waals surface area contributed by atoms with Crippen LogP contribution in [0.3, 0.4) is 0 Å². The first-order chi connectivity index (χ1) is 12.3. The van der Waals surface area contributed by atoms with E-state index in [0.717, 1.165) is 67.3 Å². The summed E-state index contributed by atoms with van der Waals surface area (Å²) in [7, 11) is 0. The number of anilines is 1. The summed E-state index contributed by atoms with van der Waals surface area (Å²) in [4.78, 5) is 14.7. The topological polar surface area (TPSA) is 53.6 Å². The molecule has 5 heteroatoms. The molecule has 0 radical (unpaired) electrons. The average Bonchev–Trinajstić information content (AvgIpc) is 3.06. The van der Waals surface area contributed by atoms with Gasteiger partial charge in [0.25, 0.3) is 5.91 Å². The van der Waals surface area contributed by atoms with Crippen LogP contribution in [0.5, 0.6) is 0 Å². The van der Waals surface area contributed by atoms with E-state index in [4.69, 9.17) is 4.74 Å². The molecule has 1 fully saturated rings. The second kappa shape index (κ2) is 7.25. The lowest BCUT2D eigenvalue weighted by Crippen LogP contribution is -2.39. The molecule has 1 amide bonds. The summed E-state index contributed by atoms with van der Waals surface area (Å²) < 4.78 is 5.38. The molecule has 2 heterocycles. The highest BCUT2D eigenvalue weighted by Crippen LogP contribution is 2.33. The van der Waals surface area contributed by atoms with Gasteiger partial charge in [0, 0.05) is 38.4 Å². The number of ether oxygens (including phenoxy) is 1. The molecule has 2 aromatic carbocycles. The number of fused-ring (bicyclic) bond motifs is 1. The molecular weight excluding hydrogens is 314 g/mol. The summed E-state index contributed by atoms with van der Waals surface area (Å²) in [5, 5.41) is 6.43. The Balaban J connectivity index is 1.53. The summed E-state index contributed by atoms with van der Waals surface area (Å²) in [5.41, 5.74) is 5.09. The van der Waals surface area contributed by atoms with Crippen molar-refractivity contribution in [2.45, 2.75) is 6.54 Å². The summed E-state index contributed by atoms with van der Waals surface area (Å²) in [5.74, 6) is 0.0154. The van der Waals surface area contributed by atoms with E-state index in [0.29, 0.717) is 6.54 Å². The Bertz CT molecular complexity index is 755. The number of benzene rings is 2. The number of carbonyl (C=O) groups excluding carboxylic acids is 1. The van der Waals surface area contributed by atoms with Crippen molar-refractivity contribution in [3.8, 4) is 11.1 Å². The summed E-state index contributed by atoms with van der Waals surface area (Å²) in [6, 6.07) is 14.4. The Morgan fingerprint density at radius 1 is 1.08 bits per heavy atom. The molecule has 2 aliphatic rings. The molecule has 0 saturated carbocycles. The van der Waals surface area contributed by atoms with Crippen molar-refractivity contribution in [1.29, 1.82) is 0 Å². The fraction of sp³-hybridized carbons (Fsp3) is 0.350. The zero-order valence-electron chi connectivity index (χ0n) is 14.3. The Kier molecular flexibility index (Phi) is 4.68. The number of nitrogens with one attached hydrogen (secondary N) is 2. The highest BCUT2D eigenvalue weighted by atomic mass is 16.5. The Labute approximate surface area is 148 Å². The first-order valence-corrected chi connectivity index (χ1v) is 8.86. The maximum atomic E-state index is 12.4. The summed E-state index contributed by atoms with van der Waals surface area (Å²) in [6.07, 6.45) is 0. The van der Waals surface area contributed by atoms with E-state index in [-0.39, 0.29) is 5.91 Å². The van der Waals surface area contributed by atoms with Crippen molar-refractivity contribution in [2.75, 3.05) is 44.7 Å². The monoisotopic (exact) mass is 337 g/mol. The minimum atomic E-state index is 0.0154. The summed E-state index contributed by atoms with van der Waals surface area (Å²) in [6.45, 7) is 5.95. The number of carbonyl (C=O) groups is 1. The van der Waals surface area contributed by atoms with Gasteiger partial charge < -0.3 is 15.4 Å². The van der Waals surface area contributed by atoms with Crippen LogP contribution in [0, 0.1) is 0 Å². The lowest BCUT2D eigenvalue weighted by molar-refractivity contribution is 0.0398. The number of hydrogen-bond donors (Lipinski definition) is 2. The molecule has 5 nitrogen and oxygen atoms in total. The molecule has 1 saturated heterocycles. The SMILES string of the molecule is O=C1NCc2c(-c3ccccc3)ccc(NCCN3CCOCC3)c21. The van der Waals surface area contributed by atoms with Crippen molar-refractivity contribution in [3.63, 3.8) is 0 Å². The van der Waals surface area contributed by atoms with Gasteiger partial charge in [0.05, 0.1) is 18.8 Å². The van der Waals surface area contributed by atoms with E-state index in [9.17, 15) is 4.79 Å². The van der Waals surface area contributed by atoms with E-state index in [1.54, 1.807) is 0 Å². The van der Waals surface area contributed by atoms with Gasteiger partial charge in [-0.1, -0.05) is 36.4 Å². The van der Waals surface area contributed by atoms with Gasteiger partial charge in [0.1, 0.15) is 0 Å². The van der Waals surface area contributed by atoms with E-state index in [2.05, 4.69) is 33.7 Å². The van der Waals surface area contributed by atoms with Gasteiger partial charge in [-0.2, -0.15) is 0 Å². The third-order valence-corrected chi connectivity index (χ3v) is 4.90. The molecule has 0 unspecified atom stereocenters. The lowest BCUT2D eigenvalue weighted by Gasteiger charge is -2.26. The van der Waals surface area contributed by atoms with Gasteiger partial charge in [-0.05, 0) is 22.8 Å². The second-order valence-electron chi connectivity index (χ2n) is 6.44. The normalized spacial score (nSPS) is 17.2. The zero-order chi connectivity index (χ0) is 17.1. The molecule has 0 bridgehead atoms. The highest BCUT2D eigenvalue weighted by Gasteiger charge is 2.25. The molecule has 2 N–H and O–H groups in total. The van der Waals surface area contributed by atoms with E-state index in [1.165, 1.54) is 0 Å². The molecular formula is C20H23N3O2. The van der Waals surface area contributed by atoms with Crippen LogP contribution in [0.4, 0.5) is 5.69 Å². The fourth-order valence-electron chi connectivity index (χ4n) is 3.56. The minimum absolute atomic E-state index is 0.0154. The number of rotatable bonds is 5. The lowest BCUT2D eigenvalue weighted by atomic mass is 9.95. The van der Waals surface area contributed by atoms with Crippen LogP contribution in [0.25, 0.3) is 11.1 Å². The minimum Gasteiger partial charge on any atom is -0.383 e. The molecule has 0 aromatic heterocycles. The number of morpholine rings is 1. The van der Waals surface area contributed by atoms with Gasteiger partial charge >= 0.3 is 0 Å². The van der Waals surface area contributed by atoms with Gasteiger partial charge in [0.2, 0.25) is 0 Å². The first kappa shape index (κ1) is 16.1. The molecule has 0 aliphatic carbocycles. The fourth-order valence-corrected chi connectivity index (χ4v) is 3.56. The Morgan fingerprint density at radius 2 is 1.88 bits per heavy atom. The van der Waals surface area contributed by atoms with Gasteiger partial charge in [0.15, 0.2) is 0 Å². The van der Waals surface area contributed by atoms with Crippen molar-refractivity contribution in [2.24, 2.45) is 0 Å². The second-order valence-corrected chi connectivity index (χ2v) is 6.44. The van der Waals surface area contributed by atoms with Gasteiger partial charge in [-0.25, -0.2) is 0 Å². The smallest absolute Gasteiger partial charge is 0.254 e. The average molecular weight is 337 g/mol. The van der Waals surface area contributed by atoms with Gasteiger partial charge in [-0.15, -0.1) is 0 Å². The van der Waals surface area contributed by atoms with E-state index in [1.807, 2.05) is 24.3 Å². The predicted octanol–water partition coefficient (Wildman–Crippen LogP) is 2.34. The van der Waals surface area contributed by atoms with E-state index >= 15 is 0 Å². The molecule has 130 valence electrons. The van der Waals surface area contributed by atoms with Crippen LogP contribution < -0.4 is 10.6 Å². The van der Waals surface area contributed by atoms with Crippen LogP contribution in [0.1, 0.15) is 15.9 Å². The molecule has 2 aromatic rings. The van der Waals surface area contributed by atoms with Crippen LogP contribution in [-0.4, -0.2) is 50.2 Å². The molecule has 0 atom stereocenters. The maximum absolute atomic E-state index is 12.4. The third kappa shape index (κ3) is 3.38. The first-order valence-electron chi connectivity index (χ1n) is 8.86. The molecule has 25 heavy (non-hydrogen) atoms. The maximum Gasteiger partial charge on any atom is 0.254 e. The van der Waals surface area contributed by atoms with Crippen LogP contribution >= 0.6 is 0 Å². The number of amides is 1. The van der Waals surface area contributed by atoms with Crippen molar-refractivity contribution < 1.29 is 9.53 Å². The Hall–Kier alpha value is -2.37. The molecule has 0 spiro atoms. The Morgan fingerprint density at radius 3 is 2.68 bits per heavy atom. The van der Waals surface area contributed by atoms with Crippen LogP contribution in [0.15, 0.2) is 42.5 Å². The zero-order valence-corrected chi connectivity index (χ0v) is 14.3. The number of nitrogens with zero attached hydrogens (tertiary/aromatic N) is 1. The van der Waals surface area contributed by atoms with Crippen LogP contribution in [-0.2, 0) is 11.3 Å². The molecule has 4 rings (SSSR count). The van der Waals surface area contributed by atoms with E-state index < -0.39 is 0 Å². The quantitative estimate of drug-likeness (QED) is 0.879. The third-order valence-electron chi connectivity index (χ3n) is 4.90. The van der Waals surface area contributed by atoms with Crippen molar-refractivity contribution in [1.82, 2.24) is 10.2 Å². The van der Waals surface area contributed by atoms with Crippen LogP contribution in [0.2, 0.25) is 0 Å². The van der Waals surface area contributed by atoms with Gasteiger partial charge in [-0.3, -0.25) is 9.69 Å². The standard InChI is InChI=1S/C20H23N3O2/c24-20-19-17(14-22-20)16(15-4-2-1-3-5-15)6-7-18(19)21-8-9-23-10-12-25-13-11-23/h1-7,21H,8-14H2,(H,22,24). The largest absolute Gasteiger partial charge is 0.383 e. The van der Waals surface area contributed by atoms with Crippen molar-refractivity contribution in [3.05, 3.63) is 53.6 Å². The predicted molar refractivity (Wildman–Crippen MR) is 98.8 cm³/mol. The number of hydrogen-bond acceptors (Lipinski definition) is 4. The highest BCUT2D eigenvalue weighted by molar-refractivity contribution is 6.05. The summed E-state index contributed by atoms with van der Waals surface area (Å²) >= 11 is 0. The van der Waals surface area contributed by atoms with Crippen molar-refractivity contribution >= 4 is 11.6 Å².